The number of rotatable bonds is 3. The second-order valence-electron chi connectivity index (χ2n) is 4.99. The van der Waals surface area contributed by atoms with Crippen molar-refractivity contribution in [3.05, 3.63) is 29.6 Å². The Morgan fingerprint density at radius 1 is 1.35 bits per heavy atom. The summed E-state index contributed by atoms with van der Waals surface area (Å²) in [7, 11) is -3.77. The highest BCUT2D eigenvalue weighted by molar-refractivity contribution is 8.00. The van der Waals surface area contributed by atoms with Gasteiger partial charge in [0.1, 0.15) is 5.82 Å². The Labute approximate surface area is 123 Å². The van der Waals surface area contributed by atoms with Crippen molar-refractivity contribution in [2.45, 2.75) is 35.8 Å². The number of sulfonamides is 1. The highest BCUT2D eigenvalue weighted by Crippen LogP contribution is 2.30. The maximum absolute atomic E-state index is 13.4. The zero-order valence-electron chi connectivity index (χ0n) is 11.4. The van der Waals surface area contributed by atoms with Crippen LogP contribution in [0.25, 0.3) is 0 Å². The van der Waals surface area contributed by atoms with Gasteiger partial charge in [-0.25, -0.2) is 12.8 Å². The van der Waals surface area contributed by atoms with Crippen molar-refractivity contribution >= 4 is 21.8 Å². The predicted molar refractivity (Wildman–Crippen MR) is 77.6 cm³/mol. The van der Waals surface area contributed by atoms with E-state index in [0.717, 1.165) is 12.1 Å². The molecular weight excluding hydrogens is 301 g/mol. The Morgan fingerprint density at radius 3 is 2.50 bits per heavy atom. The molecule has 0 bridgehead atoms. The molecule has 2 unspecified atom stereocenters. The van der Waals surface area contributed by atoms with Crippen LogP contribution in [0.4, 0.5) is 4.39 Å². The standard InChI is InChI=1S/C13H18FNO3S2/c1-9-6-15(7-10(2)19-9)20(17,18)13-5-12(14)4-3-11(13)8-16/h3-5,9-10,16H,6-8H2,1-2H3. The zero-order chi connectivity index (χ0) is 14.9. The normalized spacial score (nSPS) is 24.8. The summed E-state index contributed by atoms with van der Waals surface area (Å²) < 4.78 is 40.0. The van der Waals surface area contributed by atoms with Crippen LogP contribution in [0.5, 0.6) is 0 Å². The first-order chi connectivity index (χ1) is 9.34. The molecule has 0 spiro atoms. The molecule has 2 rings (SSSR count). The van der Waals surface area contributed by atoms with E-state index in [-0.39, 0.29) is 21.0 Å². The minimum Gasteiger partial charge on any atom is -0.392 e. The van der Waals surface area contributed by atoms with E-state index in [9.17, 15) is 17.9 Å². The van der Waals surface area contributed by atoms with E-state index in [4.69, 9.17) is 0 Å². The van der Waals surface area contributed by atoms with E-state index in [2.05, 4.69) is 0 Å². The van der Waals surface area contributed by atoms with E-state index in [1.54, 1.807) is 11.8 Å². The molecule has 1 fully saturated rings. The maximum Gasteiger partial charge on any atom is 0.243 e. The molecule has 20 heavy (non-hydrogen) atoms. The lowest BCUT2D eigenvalue weighted by Crippen LogP contribution is -2.44. The third-order valence-electron chi connectivity index (χ3n) is 3.20. The van der Waals surface area contributed by atoms with Gasteiger partial charge in [0.15, 0.2) is 0 Å². The van der Waals surface area contributed by atoms with Crippen LogP contribution in [0.2, 0.25) is 0 Å². The summed E-state index contributed by atoms with van der Waals surface area (Å²) >= 11 is 1.74. The lowest BCUT2D eigenvalue weighted by atomic mass is 10.2. The Bertz CT molecular complexity index is 581. The van der Waals surface area contributed by atoms with Crippen LogP contribution in [-0.4, -0.2) is 41.4 Å². The molecule has 1 aromatic rings. The number of hydrogen-bond donors (Lipinski definition) is 1. The maximum atomic E-state index is 13.4. The molecule has 0 amide bonds. The van der Waals surface area contributed by atoms with E-state index in [1.807, 2.05) is 13.8 Å². The van der Waals surface area contributed by atoms with E-state index in [0.29, 0.717) is 13.1 Å². The average Bonchev–Trinajstić information content (AvgIpc) is 2.37. The molecule has 0 saturated carbocycles. The topological polar surface area (TPSA) is 57.6 Å². The van der Waals surface area contributed by atoms with Crippen molar-refractivity contribution < 1.29 is 17.9 Å². The predicted octanol–water partition coefficient (Wildman–Crippen LogP) is 1.83. The molecule has 0 aromatic heterocycles. The number of aliphatic hydroxyl groups excluding tert-OH is 1. The third kappa shape index (κ3) is 3.16. The van der Waals surface area contributed by atoms with Gasteiger partial charge >= 0.3 is 0 Å². The second-order valence-corrected chi connectivity index (χ2v) is 8.78. The Hall–Kier alpha value is -0.630. The van der Waals surface area contributed by atoms with Gasteiger partial charge in [-0.3, -0.25) is 0 Å². The Balaban J connectivity index is 2.42. The Morgan fingerprint density at radius 2 is 1.95 bits per heavy atom. The molecule has 1 aliphatic heterocycles. The summed E-state index contributed by atoms with van der Waals surface area (Å²) in [6.07, 6.45) is 0. The smallest absolute Gasteiger partial charge is 0.243 e. The van der Waals surface area contributed by atoms with Crippen molar-refractivity contribution in [1.82, 2.24) is 4.31 Å². The first kappa shape index (κ1) is 15.8. The molecule has 1 heterocycles. The van der Waals surface area contributed by atoms with Crippen LogP contribution in [0, 0.1) is 5.82 Å². The fourth-order valence-corrected chi connectivity index (χ4v) is 5.72. The van der Waals surface area contributed by atoms with E-state index < -0.39 is 22.4 Å². The molecule has 1 N–H and O–H groups in total. The first-order valence-electron chi connectivity index (χ1n) is 6.39. The zero-order valence-corrected chi connectivity index (χ0v) is 13.0. The lowest BCUT2D eigenvalue weighted by Gasteiger charge is -2.34. The lowest BCUT2D eigenvalue weighted by molar-refractivity contribution is 0.277. The number of aliphatic hydroxyl groups is 1. The van der Waals surface area contributed by atoms with Gasteiger partial charge in [-0.05, 0) is 17.7 Å². The minimum atomic E-state index is -3.77. The molecule has 1 aliphatic rings. The van der Waals surface area contributed by atoms with E-state index in [1.165, 1.54) is 10.4 Å². The summed E-state index contributed by atoms with van der Waals surface area (Å²) in [5, 5.41) is 9.65. The van der Waals surface area contributed by atoms with E-state index >= 15 is 0 Å². The highest BCUT2D eigenvalue weighted by atomic mass is 32.2. The average molecular weight is 319 g/mol. The SMILES string of the molecule is CC1CN(S(=O)(=O)c2cc(F)ccc2CO)CC(C)S1. The monoisotopic (exact) mass is 319 g/mol. The van der Waals surface area contributed by atoms with Gasteiger partial charge in [0, 0.05) is 23.6 Å². The van der Waals surface area contributed by atoms with Crippen molar-refractivity contribution in [1.29, 1.82) is 0 Å². The number of thioether (sulfide) groups is 1. The molecular formula is C13H18FNO3S2. The summed E-state index contributed by atoms with van der Waals surface area (Å²) in [6, 6.07) is 3.45. The van der Waals surface area contributed by atoms with Gasteiger partial charge in [-0.1, -0.05) is 19.9 Å². The third-order valence-corrected chi connectivity index (χ3v) is 6.34. The van der Waals surface area contributed by atoms with Crippen LogP contribution < -0.4 is 0 Å². The number of benzene rings is 1. The summed E-state index contributed by atoms with van der Waals surface area (Å²) in [5.41, 5.74) is 0.227. The second kappa shape index (κ2) is 6.01. The van der Waals surface area contributed by atoms with Crippen LogP contribution >= 0.6 is 11.8 Å². The summed E-state index contributed by atoms with van der Waals surface area (Å²) in [5.74, 6) is -0.617. The van der Waals surface area contributed by atoms with Gasteiger partial charge in [-0.2, -0.15) is 16.1 Å². The van der Waals surface area contributed by atoms with Crippen LogP contribution in [0.3, 0.4) is 0 Å². The number of halogens is 1. The molecule has 0 aliphatic carbocycles. The van der Waals surface area contributed by atoms with Gasteiger partial charge in [-0.15, -0.1) is 0 Å². The quantitative estimate of drug-likeness (QED) is 0.923. The number of nitrogens with zero attached hydrogens (tertiary/aromatic N) is 1. The molecule has 0 radical (unpaired) electrons. The largest absolute Gasteiger partial charge is 0.392 e. The molecule has 112 valence electrons. The fraction of sp³-hybridized carbons (Fsp3) is 0.538. The molecule has 1 aromatic carbocycles. The highest BCUT2D eigenvalue weighted by Gasteiger charge is 2.33. The molecule has 7 heteroatoms. The fourth-order valence-electron chi connectivity index (χ4n) is 2.37. The van der Waals surface area contributed by atoms with Crippen LogP contribution in [-0.2, 0) is 16.6 Å². The van der Waals surface area contributed by atoms with Crippen molar-refractivity contribution in [2.24, 2.45) is 0 Å². The van der Waals surface area contributed by atoms with Crippen molar-refractivity contribution in [3.8, 4) is 0 Å². The van der Waals surface area contributed by atoms with Gasteiger partial charge in [0.2, 0.25) is 10.0 Å². The van der Waals surface area contributed by atoms with Gasteiger partial charge in [0.25, 0.3) is 0 Å². The molecule has 1 saturated heterocycles. The van der Waals surface area contributed by atoms with Crippen LogP contribution in [0.15, 0.2) is 23.1 Å². The summed E-state index contributed by atoms with van der Waals surface area (Å²) in [6.45, 7) is 4.32. The minimum absolute atomic E-state index is 0.133. The molecule has 4 nitrogen and oxygen atoms in total. The summed E-state index contributed by atoms with van der Waals surface area (Å²) in [4.78, 5) is -0.133. The Kier molecular flexibility index (Phi) is 4.73. The van der Waals surface area contributed by atoms with Gasteiger partial charge in [0.05, 0.1) is 11.5 Å². The van der Waals surface area contributed by atoms with Crippen LogP contribution in [0.1, 0.15) is 19.4 Å². The van der Waals surface area contributed by atoms with Crippen molar-refractivity contribution in [2.75, 3.05) is 13.1 Å². The number of hydrogen-bond acceptors (Lipinski definition) is 4. The molecule has 2 atom stereocenters. The van der Waals surface area contributed by atoms with Gasteiger partial charge < -0.3 is 5.11 Å². The first-order valence-corrected chi connectivity index (χ1v) is 8.77. The van der Waals surface area contributed by atoms with Crippen molar-refractivity contribution in [3.63, 3.8) is 0 Å².